The van der Waals surface area contributed by atoms with Crippen LogP contribution in [0.1, 0.15) is 11.4 Å². The zero-order valence-electron chi connectivity index (χ0n) is 11.5. The molecule has 5 heteroatoms. The van der Waals surface area contributed by atoms with Crippen molar-refractivity contribution in [2.75, 3.05) is 5.32 Å². The van der Waals surface area contributed by atoms with E-state index in [2.05, 4.69) is 15.3 Å². The van der Waals surface area contributed by atoms with Crippen LogP contribution in [0.3, 0.4) is 0 Å². The van der Waals surface area contributed by atoms with Crippen LogP contribution < -0.4 is 10.9 Å². The molecule has 0 atom stereocenters. The zero-order valence-corrected chi connectivity index (χ0v) is 11.5. The normalized spacial score (nSPS) is 10.8. The van der Waals surface area contributed by atoms with E-state index >= 15 is 0 Å². The van der Waals surface area contributed by atoms with Crippen molar-refractivity contribution < 1.29 is 4.39 Å². The van der Waals surface area contributed by atoms with Crippen LogP contribution in [-0.4, -0.2) is 9.97 Å². The van der Waals surface area contributed by atoms with Crippen molar-refractivity contribution in [2.24, 2.45) is 0 Å². The number of aromatic amines is 1. The first kappa shape index (κ1) is 13.3. The van der Waals surface area contributed by atoms with Crippen LogP contribution in [0, 0.1) is 12.7 Å². The fourth-order valence-corrected chi connectivity index (χ4v) is 2.20. The van der Waals surface area contributed by atoms with Crippen molar-refractivity contribution >= 4 is 16.6 Å². The number of aromatic nitrogens is 2. The van der Waals surface area contributed by atoms with Gasteiger partial charge in [0.05, 0.1) is 17.4 Å². The van der Waals surface area contributed by atoms with Crippen LogP contribution in [0.4, 0.5) is 10.1 Å². The molecule has 0 fully saturated rings. The van der Waals surface area contributed by atoms with Crippen LogP contribution in [0.25, 0.3) is 10.9 Å². The number of hydrogen-bond acceptors (Lipinski definition) is 3. The maximum absolute atomic E-state index is 13.5. The molecule has 0 bridgehead atoms. The van der Waals surface area contributed by atoms with Crippen molar-refractivity contribution in [1.82, 2.24) is 9.97 Å². The van der Waals surface area contributed by atoms with Crippen LogP contribution in [-0.2, 0) is 6.54 Å². The average Bonchev–Trinajstić information content (AvgIpc) is 2.49. The van der Waals surface area contributed by atoms with Crippen LogP contribution >= 0.6 is 0 Å². The highest BCUT2D eigenvalue weighted by Crippen LogP contribution is 2.17. The van der Waals surface area contributed by atoms with E-state index in [1.165, 1.54) is 6.07 Å². The first-order valence-electron chi connectivity index (χ1n) is 6.62. The van der Waals surface area contributed by atoms with Crippen molar-refractivity contribution in [1.29, 1.82) is 0 Å². The Balaban J connectivity index is 1.89. The molecule has 0 spiro atoms. The zero-order chi connectivity index (χ0) is 14.8. The Kier molecular flexibility index (Phi) is 3.39. The molecule has 0 unspecified atom stereocenters. The van der Waals surface area contributed by atoms with Gasteiger partial charge >= 0.3 is 0 Å². The summed E-state index contributed by atoms with van der Waals surface area (Å²) in [5, 5.41) is 3.65. The highest BCUT2D eigenvalue weighted by Gasteiger charge is 2.05. The minimum atomic E-state index is -0.264. The second kappa shape index (κ2) is 5.36. The first-order valence-corrected chi connectivity index (χ1v) is 6.62. The number of rotatable bonds is 3. The average molecular weight is 283 g/mol. The lowest BCUT2D eigenvalue weighted by Gasteiger charge is -2.10. The Hall–Kier alpha value is -2.69. The van der Waals surface area contributed by atoms with E-state index in [1.807, 2.05) is 6.07 Å². The minimum Gasteiger partial charge on any atom is -0.378 e. The molecule has 3 rings (SSSR count). The maximum atomic E-state index is 13.5. The van der Waals surface area contributed by atoms with Crippen LogP contribution in [0.5, 0.6) is 0 Å². The number of hydrogen-bond donors (Lipinski definition) is 2. The molecule has 0 radical (unpaired) electrons. The molecule has 21 heavy (non-hydrogen) atoms. The van der Waals surface area contributed by atoms with E-state index in [1.54, 1.807) is 37.3 Å². The predicted molar refractivity (Wildman–Crippen MR) is 80.8 cm³/mol. The third-order valence-electron chi connectivity index (χ3n) is 3.38. The monoisotopic (exact) mass is 283 g/mol. The molecule has 106 valence electrons. The second-order valence-electron chi connectivity index (χ2n) is 4.80. The number of benzene rings is 2. The van der Waals surface area contributed by atoms with E-state index in [9.17, 15) is 9.18 Å². The number of H-pyrrole nitrogens is 1. The number of anilines is 1. The van der Waals surface area contributed by atoms with Gasteiger partial charge < -0.3 is 10.3 Å². The van der Waals surface area contributed by atoms with Gasteiger partial charge in [-0.2, -0.15) is 0 Å². The predicted octanol–water partition coefficient (Wildman–Crippen LogP) is 2.98. The lowest BCUT2D eigenvalue weighted by molar-refractivity contribution is 0.619. The quantitative estimate of drug-likeness (QED) is 0.777. The number of para-hydroxylation sites is 1. The Morgan fingerprint density at radius 3 is 2.86 bits per heavy atom. The van der Waals surface area contributed by atoms with Gasteiger partial charge in [-0.1, -0.05) is 18.2 Å². The van der Waals surface area contributed by atoms with Gasteiger partial charge in [0.15, 0.2) is 0 Å². The van der Waals surface area contributed by atoms with Gasteiger partial charge in [0.2, 0.25) is 0 Å². The molecule has 0 aliphatic carbocycles. The largest absolute Gasteiger partial charge is 0.378 e. The number of nitrogens with zero attached hydrogens (tertiary/aromatic N) is 1. The van der Waals surface area contributed by atoms with Crippen LogP contribution in [0.2, 0.25) is 0 Å². The van der Waals surface area contributed by atoms with E-state index in [0.717, 1.165) is 0 Å². The molecule has 0 amide bonds. The Labute approximate surface area is 120 Å². The van der Waals surface area contributed by atoms with Crippen molar-refractivity contribution in [3.63, 3.8) is 0 Å². The molecule has 4 nitrogen and oxygen atoms in total. The summed E-state index contributed by atoms with van der Waals surface area (Å²) < 4.78 is 13.5. The summed E-state index contributed by atoms with van der Waals surface area (Å²) in [6.07, 6.45) is 0. The lowest BCUT2D eigenvalue weighted by Crippen LogP contribution is -2.14. The lowest BCUT2D eigenvalue weighted by atomic mass is 10.2. The molecular weight excluding hydrogens is 269 g/mol. The Morgan fingerprint density at radius 2 is 2.00 bits per heavy atom. The topological polar surface area (TPSA) is 57.8 Å². The molecule has 0 saturated heterocycles. The molecule has 0 saturated carbocycles. The first-order chi connectivity index (χ1) is 10.1. The van der Waals surface area contributed by atoms with Gasteiger partial charge in [0, 0.05) is 11.3 Å². The molecule has 0 aliphatic rings. The SMILES string of the molecule is Cc1c(F)cccc1NCc1nc2ccccc2c(=O)[nH]1. The summed E-state index contributed by atoms with van der Waals surface area (Å²) in [6, 6.07) is 12.0. The fourth-order valence-electron chi connectivity index (χ4n) is 2.20. The Bertz CT molecular complexity index is 858. The van der Waals surface area contributed by atoms with Gasteiger partial charge in [-0.15, -0.1) is 0 Å². The highest BCUT2D eigenvalue weighted by atomic mass is 19.1. The van der Waals surface area contributed by atoms with E-state index < -0.39 is 0 Å². The molecule has 0 aliphatic heterocycles. The number of halogens is 1. The van der Waals surface area contributed by atoms with Gasteiger partial charge in [-0.05, 0) is 31.2 Å². The summed E-state index contributed by atoms with van der Waals surface area (Å²) in [7, 11) is 0. The van der Waals surface area contributed by atoms with E-state index in [0.29, 0.717) is 34.5 Å². The van der Waals surface area contributed by atoms with E-state index in [-0.39, 0.29) is 11.4 Å². The highest BCUT2D eigenvalue weighted by molar-refractivity contribution is 5.77. The molecular formula is C16H14FN3O. The van der Waals surface area contributed by atoms with Gasteiger partial charge in [-0.25, -0.2) is 9.37 Å². The smallest absolute Gasteiger partial charge is 0.258 e. The summed E-state index contributed by atoms with van der Waals surface area (Å²) in [6.45, 7) is 2.03. The van der Waals surface area contributed by atoms with Crippen molar-refractivity contribution in [2.45, 2.75) is 13.5 Å². The summed E-state index contributed by atoms with van der Waals surface area (Å²) >= 11 is 0. The summed E-state index contributed by atoms with van der Waals surface area (Å²) in [4.78, 5) is 19.1. The second-order valence-corrected chi connectivity index (χ2v) is 4.80. The molecule has 2 aromatic carbocycles. The standard InChI is InChI=1S/C16H14FN3O/c1-10-12(17)6-4-8-13(10)18-9-15-19-14-7-3-2-5-11(14)16(21)20-15/h2-8,18H,9H2,1H3,(H,19,20,21). The third-order valence-corrected chi connectivity index (χ3v) is 3.38. The van der Waals surface area contributed by atoms with E-state index in [4.69, 9.17) is 0 Å². The molecule has 1 aromatic heterocycles. The van der Waals surface area contributed by atoms with Crippen molar-refractivity contribution in [3.8, 4) is 0 Å². The van der Waals surface area contributed by atoms with Gasteiger partial charge in [0.1, 0.15) is 11.6 Å². The van der Waals surface area contributed by atoms with Crippen LogP contribution in [0.15, 0.2) is 47.3 Å². The third kappa shape index (κ3) is 2.63. The summed E-state index contributed by atoms with van der Waals surface area (Å²) in [5.74, 6) is 0.252. The minimum absolute atomic E-state index is 0.173. The molecule has 2 N–H and O–H groups in total. The molecule has 3 aromatic rings. The maximum Gasteiger partial charge on any atom is 0.258 e. The molecule has 1 heterocycles. The number of nitrogens with one attached hydrogen (secondary N) is 2. The number of fused-ring (bicyclic) bond motifs is 1. The van der Waals surface area contributed by atoms with Crippen molar-refractivity contribution in [3.05, 3.63) is 70.0 Å². The fraction of sp³-hybridized carbons (Fsp3) is 0.125. The Morgan fingerprint density at radius 1 is 1.19 bits per heavy atom. The van der Waals surface area contributed by atoms with Gasteiger partial charge in [0.25, 0.3) is 5.56 Å². The van der Waals surface area contributed by atoms with Gasteiger partial charge in [-0.3, -0.25) is 4.79 Å². The summed E-state index contributed by atoms with van der Waals surface area (Å²) in [5.41, 5.74) is 1.70.